The van der Waals surface area contributed by atoms with Gasteiger partial charge in [-0.3, -0.25) is 4.21 Å². The number of thiophene rings is 1. The third kappa shape index (κ3) is 3.34. The molecule has 114 valence electrons. The van der Waals surface area contributed by atoms with E-state index in [1.807, 2.05) is 47.9 Å². The molecule has 3 aromatic rings. The molecule has 1 aromatic carbocycles. The second kappa shape index (κ2) is 6.98. The molecule has 0 spiro atoms. The number of aryl methyl sites for hydroxylation is 2. The van der Waals surface area contributed by atoms with Crippen LogP contribution in [0.5, 0.6) is 0 Å². The lowest BCUT2D eigenvalue weighted by atomic mass is 10.2. The van der Waals surface area contributed by atoms with Gasteiger partial charge in [0.05, 0.1) is 16.0 Å². The van der Waals surface area contributed by atoms with Crippen molar-refractivity contribution in [3.8, 4) is 0 Å². The van der Waals surface area contributed by atoms with Crippen molar-refractivity contribution in [3.63, 3.8) is 0 Å². The van der Waals surface area contributed by atoms with Crippen molar-refractivity contribution < 1.29 is 4.21 Å². The van der Waals surface area contributed by atoms with E-state index < -0.39 is 10.8 Å². The highest BCUT2D eigenvalue weighted by Gasteiger charge is 2.20. The molecule has 2 atom stereocenters. The molecule has 0 saturated carbocycles. The van der Waals surface area contributed by atoms with Gasteiger partial charge in [0.1, 0.15) is 6.33 Å². The average molecular weight is 331 g/mol. The molecule has 0 aliphatic rings. The molecule has 0 radical (unpaired) electrons. The summed E-state index contributed by atoms with van der Waals surface area (Å²) in [5.74, 6) is 0. The Morgan fingerprint density at radius 2 is 2.05 bits per heavy atom. The molecule has 0 amide bonds. The van der Waals surface area contributed by atoms with Crippen LogP contribution in [0, 0.1) is 0 Å². The summed E-state index contributed by atoms with van der Waals surface area (Å²) in [7, 11) is -1.22. The molecular formula is C16H17N3OS2. The highest BCUT2D eigenvalue weighted by Crippen LogP contribution is 2.23. The lowest BCUT2D eigenvalue weighted by Gasteiger charge is -2.12. The molecule has 0 aliphatic heterocycles. The summed E-state index contributed by atoms with van der Waals surface area (Å²) < 4.78 is 14.7. The molecule has 0 N–H and O–H groups in total. The number of nitrogens with zero attached hydrogens (tertiary/aromatic N) is 3. The number of rotatable bonds is 6. The smallest absolute Gasteiger partial charge is 0.222 e. The van der Waals surface area contributed by atoms with E-state index in [9.17, 15) is 4.21 Å². The topological polar surface area (TPSA) is 47.8 Å². The van der Waals surface area contributed by atoms with Gasteiger partial charge in [0, 0.05) is 11.4 Å². The zero-order valence-corrected chi connectivity index (χ0v) is 13.9. The van der Waals surface area contributed by atoms with Crippen molar-refractivity contribution in [2.24, 2.45) is 0 Å². The maximum absolute atomic E-state index is 12.8. The fraction of sp³-hybridized carbons (Fsp3) is 0.250. The minimum absolute atomic E-state index is 0.106. The third-order valence-corrected chi connectivity index (χ3v) is 6.06. The first-order valence-electron chi connectivity index (χ1n) is 7.11. The summed E-state index contributed by atoms with van der Waals surface area (Å²) in [6.07, 6.45) is 2.57. The Bertz CT molecular complexity index is 738. The van der Waals surface area contributed by atoms with Crippen LogP contribution in [0.25, 0.3) is 0 Å². The highest BCUT2D eigenvalue weighted by atomic mass is 32.2. The SMILES string of the molecule is C[C@H](c1ccccc1)[S@](=O)c1nncn1CCc1cccs1. The van der Waals surface area contributed by atoms with Crippen molar-refractivity contribution in [3.05, 3.63) is 64.6 Å². The first-order valence-corrected chi connectivity index (χ1v) is 9.20. The van der Waals surface area contributed by atoms with E-state index in [1.165, 1.54) is 4.88 Å². The fourth-order valence-corrected chi connectivity index (χ4v) is 4.16. The van der Waals surface area contributed by atoms with Crippen molar-refractivity contribution in [1.29, 1.82) is 0 Å². The zero-order valence-electron chi connectivity index (χ0n) is 12.3. The number of hydrogen-bond donors (Lipinski definition) is 0. The molecule has 3 rings (SSSR count). The number of hydrogen-bond acceptors (Lipinski definition) is 4. The molecule has 0 unspecified atom stereocenters. The van der Waals surface area contributed by atoms with Crippen molar-refractivity contribution >= 4 is 22.1 Å². The minimum atomic E-state index is -1.22. The highest BCUT2D eigenvalue weighted by molar-refractivity contribution is 7.85. The van der Waals surface area contributed by atoms with Crippen LogP contribution >= 0.6 is 11.3 Å². The lowest BCUT2D eigenvalue weighted by molar-refractivity contribution is 0.610. The second-order valence-electron chi connectivity index (χ2n) is 4.99. The summed E-state index contributed by atoms with van der Waals surface area (Å²) in [4.78, 5) is 1.31. The molecule has 2 aromatic heterocycles. The summed E-state index contributed by atoms with van der Waals surface area (Å²) in [5, 5.41) is 10.5. The molecule has 2 heterocycles. The van der Waals surface area contributed by atoms with Crippen LogP contribution in [0.2, 0.25) is 0 Å². The lowest BCUT2D eigenvalue weighted by Crippen LogP contribution is -2.11. The normalized spacial score (nSPS) is 13.9. The summed E-state index contributed by atoms with van der Waals surface area (Å²) in [6, 6.07) is 14.0. The molecule has 0 aliphatic carbocycles. The Labute approximate surface area is 136 Å². The van der Waals surface area contributed by atoms with Crippen molar-refractivity contribution in [2.45, 2.75) is 30.3 Å². The standard InChI is InChI=1S/C16H17N3OS2/c1-13(14-6-3-2-4-7-14)22(20)16-18-17-12-19(16)10-9-15-8-5-11-21-15/h2-8,11-13H,9-10H2,1H3/t13-,22+/m1/s1. The predicted octanol–water partition coefficient (Wildman–Crippen LogP) is 3.45. The Morgan fingerprint density at radius 3 is 2.77 bits per heavy atom. The number of benzene rings is 1. The molecule has 6 heteroatoms. The second-order valence-corrected chi connectivity index (χ2v) is 7.69. The molecule has 0 bridgehead atoms. The first-order chi connectivity index (χ1) is 10.8. The monoisotopic (exact) mass is 331 g/mol. The van der Waals surface area contributed by atoms with Gasteiger partial charge in [-0.25, -0.2) is 0 Å². The quantitative estimate of drug-likeness (QED) is 0.695. The maximum Gasteiger partial charge on any atom is 0.222 e. The Hall–Kier alpha value is -1.79. The van der Waals surface area contributed by atoms with E-state index in [1.54, 1.807) is 17.7 Å². The van der Waals surface area contributed by atoms with Crippen LogP contribution in [0.3, 0.4) is 0 Å². The maximum atomic E-state index is 12.8. The van der Waals surface area contributed by atoms with E-state index in [2.05, 4.69) is 21.6 Å². The van der Waals surface area contributed by atoms with Crippen LogP contribution < -0.4 is 0 Å². The van der Waals surface area contributed by atoms with Gasteiger partial charge in [-0.05, 0) is 30.4 Å². The van der Waals surface area contributed by atoms with Gasteiger partial charge in [0.2, 0.25) is 5.16 Å². The third-order valence-electron chi connectivity index (χ3n) is 3.53. The molecule has 0 fully saturated rings. The van der Waals surface area contributed by atoms with Crippen molar-refractivity contribution in [2.75, 3.05) is 0 Å². The molecule has 4 nitrogen and oxygen atoms in total. The number of aromatic nitrogens is 3. The Morgan fingerprint density at radius 1 is 1.23 bits per heavy atom. The Balaban J connectivity index is 1.74. The van der Waals surface area contributed by atoms with Crippen LogP contribution in [0.15, 0.2) is 59.3 Å². The van der Waals surface area contributed by atoms with Gasteiger partial charge in [-0.2, -0.15) is 0 Å². The van der Waals surface area contributed by atoms with Gasteiger partial charge in [-0.15, -0.1) is 21.5 Å². The van der Waals surface area contributed by atoms with E-state index >= 15 is 0 Å². The predicted molar refractivity (Wildman–Crippen MR) is 89.3 cm³/mol. The van der Waals surface area contributed by atoms with E-state index in [0.717, 1.165) is 18.5 Å². The first kappa shape index (κ1) is 15.1. The van der Waals surface area contributed by atoms with Crippen molar-refractivity contribution in [1.82, 2.24) is 14.8 Å². The van der Waals surface area contributed by atoms with Gasteiger partial charge >= 0.3 is 0 Å². The van der Waals surface area contributed by atoms with Crippen LogP contribution in [0.1, 0.15) is 22.6 Å². The van der Waals surface area contributed by atoms with E-state index in [4.69, 9.17) is 0 Å². The molecule has 0 saturated heterocycles. The fourth-order valence-electron chi connectivity index (χ4n) is 2.24. The minimum Gasteiger partial charge on any atom is -0.306 e. The average Bonchev–Trinajstić information content (AvgIpc) is 3.23. The van der Waals surface area contributed by atoms with Crippen LogP contribution in [-0.4, -0.2) is 19.0 Å². The summed E-state index contributed by atoms with van der Waals surface area (Å²) in [6.45, 7) is 2.71. The van der Waals surface area contributed by atoms with Crippen LogP contribution in [-0.2, 0) is 23.8 Å². The Kier molecular flexibility index (Phi) is 4.80. The molecule has 22 heavy (non-hydrogen) atoms. The summed E-state index contributed by atoms with van der Waals surface area (Å²) >= 11 is 1.73. The van der Waals surface area contributed by atoms with Gasteiger partial charge < -0.3 is 4.57 Å². The van der Waals surface area contributed by atoms with Crippen LogP contribution in [0.4, 0.5) is 0 Å². The van der Waals surface area contributed by atoms with Gasteiger partial charge in [-0.1, -0.05) is 36.4 Å². The van der Waals surface area contributed by atoms with E-state index in [0.29, 0.717) is 5.16 Å². The largest absolute Gasteiger partial charge is 0.306 e. The molecular weight excluding hydrogens is 314 g/mol. The van der Waals surface area contributed by atoms with Gasteiger partial charge in [0.25, 0.3) is 0 Å². The van der Waals surface area contributed by atoms with E-state index in [-0.39, 0.29) is 5.25 Å². The zero-order chi connectivity index (χ0) is 15.4. The van der Waals surface area contributed by atoms with Gasteiger partial charge in [0.15, 0.2) is 0 Å². The summed E-state index contributed by atoms with van der Waals surface area (Å²) in [5.41, 5.74) is 1.05.